The molecule has 0 bridgehead atoms. The van der Waals surface area contributed by atoms with Crippen LogP contribution < -0.4 is 10.6 Å². The molecule has 4 heteroatoms. The number of hydrogen-bond acceptors (Lipinski definition) is 2. The number of anilines is 1. The van der Waals surface area contributed by atoms with E-state index < -0.39 is 0 Å². The number of guanidine groups is 1. The van der Waals surface area contributed by atoms with Crippen LogP contribution in [0.1, 0.15) is 29.8 Å². The highest BCUT2D eigenvalue weighted by molar-refractivity contribution is 5.97. The number of aryl methyl sites for hydroxylation is 1. The number of nitrogens with two attached hydrogens (primary N) is 1. The molecule has 2 N–H and O–H groups in total. The normalized spacial score (nSPS) is 10.5. The van der Waals surface area contributed by atoms with Crippen LogP contribution >= 0.6 is 0 Å². The lowest BCUT2D eigenvalue weighted by molar-refractivity contribution is 0.112. The quantitative estimate of drug-likeness (QED) is 0.531. The van der Waals surface area contributed by atoms with Crippen molar-refractivity contribution in [3.63, 3.8) is 0 Å². The summed E-state index contributed by atoms with van der Waals surface area (Å²) in [6, 6.07) is 15.2. The first-order chi connectivity index (χ1) is 10.6. The number of benzene rings is 2. The average Bonchev–Trinajstić information content (AvgIpc) is 2.58. The first kappa shape index (κ1) is 17.4. The van der Waals surface area contributed by atoms with Crippen molar-refractivity contribution in [1.29, 1.82) is 0 Å². The van der Waals surface area contributed by atoms with Gasteiger partial charge in [-0.2, -0.15) is 0 Å². The van der Waals surface area contributed by atoms with Crippen LogP contribution in [0.4, 0.5) is 11.4 Å². The lowest BCUT2D eigenvalue weighted by atomic mass is 10.1. The van der Waals surface area contributed by atoms with E-state index in [0.717, 1.165) is 17.5 Å². The maximum atomic E-state index is 11.1. The Kier molecular flexibility index (Phi) is 6.83. The highest BCUT2D eigenvalue weighted by Crippen LogP contribution is 2.20. The van der Waals surface area contributed by atoms with Gasteiger partial charge >= 0.3 is 0 Å². The SMILES string of the molecule is CC.Cc1ccc(N=C(N)N(C)c2ccccc2)c(C=O)c1. The molecule has 0 fully saturated rings. The van der Waals surface area contributed by atoms with Crippen molar-refractivity contribution < 1.29 is 4.79 Å². The third-order valence-electron chi connectivity index (χ3n) is 3.03. The Labute approximate surface area is 132 Å². The van der Waals surface area contributed by atoms with Gasteiger partial charge in [0, 0.05) is 18.3 Å². The van der Waals surface area contributed by atoms with Gasteiger partial charge in [-0.15, -0.1) is 0 Å². The molecule has 4 nitrogen and oxygen atoms in total. The van der Waals surface area contributed by atoms with E-state index in [1.165, 1.54) is 0 Å². The van der Waals surface area contributed by atoms with Gasteiger partial charge in [0.05, 0.1) is 5.69 Å². The van der Waals surface area contributed by atoms with E-state index in [9.17, 15) is 4.79 Å². The number of hydrogen-bond donors (Lipinski definition) is 1. The van der Waals surface area contributed by atoms with Gasteiger partial charge in [0.15, 0.2) is 6.29 Å². The molecule has 0 saturated carbocycles. The molecule has 22 heavy (non-hydrogen) atoms. The van der Waals surface area contributed by atoms with Gasteiger partial charge in [-0.1, -0.05) is 43.7 Å². The Bertz CT molecular complexity index is 636. The zero-order valence-electron chi connectivity index (χ0n) is 13.6. The van der Waals surface area contributed by atoms with Crippen molar-refractivity contribution in [2.45, 2.75) is 20.8 Å². The highest BCUT2D eigenvalue weighted by atomic mass is 16.1. The Morgan fingerprint density at radius 2 is 1.77 bits per heavy atom. The number of para-hydroxylation sites is 1. The second-order valence-electron chi connectivity index (χ2n) is 4.54. The van der Waals surface area contributed by atoms with Crippen LogP contribution in [0.3, 0.4) is 0 Å². The number of nitrogens with zero attached hydrogens (tertiary/aromatic N) is 2. The van der Waals surface area contributed by atoms with Gasteiger partial charge < -0.3 is 10.6 Å². The molecule has 0 heterocycles. The van der Waals surface area contributed by atoms with E-state index in [1.54, 1.807) is 17.0 Å². The number of carbonyl (C=O) groups excluding carboxylic acids is 1. The van der Waals surface area contributed by atoms with Crippen LogP contribution in [0.2, 0.25) is 0 Å². The van der Waals surface area contributed by atoms with Crippen molar-refractivity contribution in [3.05, 3.63) is 59.7 Å². The topological polar surface area (TPSA) is 58.7 Å². The maximum absolute atomic E-state index is 11.1. The summed E-state index contributed by atoms with van der Waals surface area (Å²) in [5.74, 6) is 0.336. The van der Waals surface area contributed by atoms with Gasteiger partial charge in [-0.25, -0.2) is 4.99 Å². The molecular formula is C18H23N3O. The van der Waals surface area contributed by atoms with E-state index in [0.29, 0.717) is 17.2 Å². The molecule has 0 aliphatic carbocycles. The zero-order valence-corrected chi connectivity index (χ0v) is 13.6. The van der Waals surface area contributed by atoms with Gasteiger partial charge in [-0.3, -0.25) is 4.79 Å². The van der Waals surface area contributed by atoms with Gasteiger partial charge in [0.1, 0.15) is 0 Å². The van der Waals surface area contributed by atoms with Crippen molar-refractivity contribution in [2.75, 3.05) is 11.9 Å². The number of carbonyl (C=O) groups is 1. The zero-order chi connectivity index (χ0) is 16.5. The van der Waals surface area contributed by atoms with E-state index in [-0.39, 0.29) is 0 Å². The van der Waals surface area contributed by atoms with E-state index in [4.69, 9.17) is 5.73 Å². The predicted molar refractivity (Wildman–Crippen MR) is 94.0 cm³/mol. The molecule has 0 aliphatic heterocycles. The second kappa shape index (κ2) is 8.62. The minimum absolute atomic E-state index is 0.336. The fourth-order valence-electron chi connectivity index (χ4n) is 1.85. The minimum atomic E-state index is 0.336. The standard InChI is InChI=1S/C16H17N3O.C2H6/c1-12-8-9-15(13(10-12)11-20)18-16(17)19(2)14-6-4-3-5-7-14;1-2/h3-11H,1-2H3,(H2,17,18);1-2H3. The molecule has 2 aromatic rings. The summed E-state index contributed by atoms with van der Waals surface area (Å²) in [5, 5.41) is 0. The third kappa shape index (κ3) is 4.45. The fraction of sp³-hybridized carbons (Fsp3) is 0.222. The summed E-state index contributed by atoms with van der Waals surface area (Å²) < 4.78 is 0. The molecule has 2 aromatic carbocycles. The van der Waals surface area contributed by atoms with Crippen molar-refractivity contribution in [3.8, 4) is 0 Å². The largest absolute Gasteiger partial charge is 0.369 e. The van der Waals surface area contributed by atoms with Crippen molar-refractivity contribution in [2.24, 2.45) is 10.7 Å². The van der Waals surface area contributed by atoms with Crippen molar-refractivity contribution in [1.82, 2.24) is 0 Å². The lowest BCUT2D eigenvalue weighted by Crippen LogP contribution is -2.33. The third-order valence-corrected chi connectivity index (χ3v) is 3.03. The van der Waals surface area contributed by atoms with Crippen LogP contribution in [0.25, 0.3) is 0 Å². The van der Waals surface area contributed by atoms with Crippen LogP contribution in [-0.2, 0) is 0 Å². The molecule has 0 atom stereocenters. The molecule has 0 aliphatic rings. The maximum Gasteiger partial charge on any atom is 0.200 e. The molecular weight excluding hydrogens is 274 g/mol. The average molecular weight is 297 g/mol. The van der Waals surface area contributed by atoms with Gasteiger partial charge in [-0.05, 0) is 31.2 Å². The molecule has 0 aromatic heterocycles. The monoisotopic (exact) mass is 297 g/mol. The van der Waals surface area contributed by atoms with Crippen LogP contribution in [0.15, 0.2) is 53.5 Å². The van der Waals surface area contributed by atoms with Crippen LogP contribution in [-0.4, -0.2) is 19.3 Å². The summed E-state index contributed by atoms with van der Waals surface area (Å²) in [6.45, 7) is 5.93. The second-order valence-corrected chi connectivity index (χ2v) is 4.54. The fourth-order valence-corrected chi connectivity index (χ4v) is 1.85. The summed E-state index contributed by atoms with van der Waals surface area (Å²) in [4.78, 5) is 17.2. The Hall–Kier alpha value is -2.62. The molecule has 0 saturated heterocycles. The molecule has 0 spiro atoms. The molecule has 0 amide bonds. The highest BCUT2D eigenvalue weighted by Gasteiger charge is 2.06. The number of aldehydes is 1. The minimum Gasteiger partial charge on any atom is -0.369 e. The summed E-state index contributed by atoms with van der Waals surface area (Å²) in [5.41, 5.74) is 9.07. The molecule has 0 unspecified atom stereocenters. The van der Waals surface area contributed by atoms with Crippen LogP contribution in [0.5, 0.6) is 0 Å². The van der Waals surface area contributed by atoms with Gasteiger partial charge in [0.25, 0.3) is 0 Å². The first-order valence-corrected chi connectivity index (χ1v) is 7.30. The van der Waals surface area contributed by atoms with E-state index in [1.807, 2.05) is 64.2 Å². The Morgan fingerprint density at radius 3 is 2.36 bits per heavy atom. The molecule has 116 valence electrons. The molecule has 0 radical (unpaired) electrons. The summed E-state index contributed by atoms with van der Waals surface area (Å²) >= 11 is 0. The summed E-state index contributed by atoms with van der Waals surface area (Å²) in [7, 11) is 1.84. The Morgan fingerprint density at radius 1 is 1.14 bits per heavy atom. The lowest BCUT2D eigenvalue weighted by Gasteiger charge is -2.18. The van der Waals surface area contributed by atoms with Gasteiger partial charge in [0.2, 0.25) is 5.96 Å². The first-order valence-electron chi connectivity index (χ1n) is 7.30. The number of rotatable bonds is 3. The van der Waals surface area contributed by atoms with E-state index in [2.05, 4.69) is 4.99 Å². The number of aliphatic imine (C=N–C) groups is 1. The van der Waals surface area contributed by atoms with Crippen molar-refractivity contribution >= 4 is 23.6 Å². The Balaban J connectivity index is 0.00000116. The van der Waals surface area contributed by atoms with Crippen LogP contribution in [0, 0.1) is 6.92 Å². The smallest absolute Gasteiger partial charge is 0.200 e. The molecule has 2 rings (SSSR count). The predicted octanol–water partition coefficient (Wildman–Crippen LogP) is 3.92. The van der Waals surface area contributed by atoms with E-state index >= 15 is 0 Å². The summed E-state index contributed by atoms with van der Waals surface area (Å²) in [6.07, 6.45) is 0.793.